The van der Waals surface area contributed by atoms with Crippen LogP contribution in [0.5, 0.6) is 0 Å². The maximum absolute atomic E-state index is 13.6. The average Bonchev–Trinajstić information content (AvgIpc) is 2.69. The highest BCUT2D eigenvalue weighted by molar-refractivity contribution is 7.89. The lowest BCUT2D eigenvalue weighted by molar-refractivity contribution is 0.291. The molecule has 0 aromatic heterocycles. The van der Waals surface area contributed by atoms with E-state index >= 15 is 0 Å². The van der Waals surface area contributed by atoms with Crippen LogP contribution in [0.2, 0.25) is 0 Å². The van der Waals surface area contributed by atoms with Gasteiger partial charge in [-0.2, -0.15) is 9.57 Å². The topological polar surface area (TPSA) is 61.2 Å². The molecule has 1 aromatic rings. The molecule has 1 aliphatic rings. The number of hydrogen-bond donors (Lipinski definition) is 0. The summed E-state index contributed by atoms with van der Waals surface area (Å²) < 4.78 is 40.1. The fourth-order valence-corrected chi connectivity index (χ4v) is 4.48. The SMILES string of the molecule is CC1(C)CCCN1S(=O)(=O)c1cccc(F)c1C#N. The van der Waals surface area contributed by atoms with Crippen LogP contribution in [0.4, 0.5) is 4.39 Å². The zero-order chi connectivity index (χ0) is 14.3. The second-order valence-corrected chi connectivity index (χ2v) is 7.05. The maximum atomic E-state index is 13.6. The standard InChI is InChI=1S/C13H15FN2O2S/c1-13(2)7-4-8-16(13)19(17,18)12-6-3-5-11(14)10(12)9-15/h3,5-6H,4,7-8H2,1-2H3. The van der Waals surface area contributed by atoms with Crippen molar-refractivity contribution in [1.29, 1.82) is 5.26 Å². The van der Waals surface area contributed by atoms with Crippen molar-refractivity contribution in [3.8, 4) is 6.07 Å². The van der Waals surface area contributed by atoms with E-state index in [1.165, 1.54) is 16.4 Å². The Morgan fingerprint density at radius 1 is 1.42 bits per heavy atom. The van der Waals surface area contributed by atoms with Crippen LogP contribution >= 0.6 is 0 Å². The Kier molecular flexibility index (Phi) is 3.37. The summed E-state index contributed by atoms with van der Waals surface area (Å²) in [6.45, 7) is 4.07. The molecule has 0 amide bonds. The summed E-state index contributed by atoms with van der Waals surface area (Å²) in [6, 6.07) is 5.32. The van der Waals surface area contributed by atoms with Crippen LogP contribution in [-0.2, 0) is 10.0 Å². The first-order valence-electron chi connectivity index (χ1n) is 6.02. The molecule has 0 radical (unpaired) electrons. The van der Waals surface area contributed by atoms with Crippen molar-refractivity contribution < 1.29 is 12.8 Å². The van der Waals surface area contributed by atoms with Crippen molar-refractivity contribution in [2.45, 2.75) is 37.1 Å². The lowest BCUT2D eigenvalue weighted by atomic mass is 10.0. The highest BCUT2D eigenvalue weighted by Gasteiger charge is 2.41. The summed E-state index contributed by atoms with van der Waals surface area (Å²) in [5, 5.41) is 8.96. The zero-order valence-electron chi connectivity index (χ0n) is 10.9. The predicted octanol–water partition coefficient (Wildman–Crippen LogP) is 2.26. The van der Waals surface area contributed by atoms with Crippen molar-refractivity contribution in [2.75, 3.05) is 6.54 Å². The summed E-state index contributed by atoms with van der Waals surface area (Å²) in [6.07, 6.45) is 1.52. The third-order valence-electron chi connectivity index (χ3n) is 3.48. The van der Waals surface area contributed by atoms with E-state index in [4.69, 9.17) is 5.26 Å². The monoisotopic (exact) mass is 282 g/mol. The fourth-order valence-electron chi connectivity index (χ4n) is 2.47. The molecule has 1 fully saturated rings. The van der Waals surface area contributed by atoms with Gasteiger partial charge in [0.2, 0.25) is 10.0 Å². The minimum Gasteiger partial charge on any atom is -0.207 e. The number of benzene rings is 1. The molecule has 2 rings (SSSR count). The lowest BCUT2D eigenvalue weighted by Gasteiger charge is -2.30. The minimum atomic E-state index is -3.84. The molecule has 1 saturated heterocycles. The van der Waals surface area contributed by atoms with E-state index in [-0.39, 0.29) is 4.90 Å². The van der Waals surface area contributed by atoms with Crippen molar-refractivity contribution in [3.05, 3.63) is 29.6 Å². The smallest absolute Gasteiger partial charge is 0.207 e. The summed E-state index contributed by atoms with van der Waals surface area (Å²) in [5.74, 6) is -0.805. The van der Waals surface area contributed by atoms with Gasteiger partial charge in [-0.25, -0.2) is 12.8 Å². The van der Waals surface area contributed by atoms with Gasteiger partial charge in [-0.3, -0.25) is 0 Å². The van der Waals surface area contributed by atoms with Crippen LogP contribution in [0.1, 0.15) is 32.3 Å². The molecule has 0 unspecified atom stereocenters. The first kappa shape index (κ1) is 14.0. The van der Waals surface area contributed by atoms with Gasteiger partial charge in [-0.05, 0) is 38.8 Å². The number of nitriles is 1. The van der Waals surface area contributed by atoms with E-state index in [9.17, 15) is 12.8 Å². The van der Waals surface area contributed by atoms with Crippen LogP contribution < -0.4 is 0 Å². The predicted molar refractivity (Wildman–Crippen MR) is 68.3 cm³/mol. The van der Waals surface area contributed by atoms with E-state index in [1.54, 1.807) is 6.07 Å². The van der Waals surface area contributed by atoms with Crippen LogP contribution in [0.15, 0.2) is 23.1 Å². The number of rotatable bonds is 2. The van der Waals surface area contributed by atoms with Gasteiger partial charge in [-0.1, -0.05) is 6.07 Å². The van der Waals surface area contributed by atoms with Gasteiger partial charge < -0.3 is 0 Å². The van der Waals surface area contributed by atoms with Gasteiger partial charge in [0.15, 0.2) is 0 Å². The Bertz CT molecular complexity index is 647. The highest BCUT2D eigenvalue weighted by Crippen LogP contribution is 2.35. The second kappa shape index (κ2) is 4.58. The van der Waals surface area contributed by atoms with E-state index in [2.05, 4.69) is 0 Å². The van der Waals surface area contributed by atoms with Crippen molar-refractivity contribution >= 4 is 10.0 Å². The number of halogens is 1. The summed E-state index contributed by atoms with van der Waals surface area (Å²) >= 11 is 0. The van der Waals surface area contributed by atoms with Crippen molar-refractivity contribution in [2.24, 2.45) is 0 Å². The van der Waals surface area contributed by atoms with E-state index < -0.39 is 26.9 Å². The minimum absolute atomic E-state index is 0.245. The normalized spacial score (nSPS) is 19.3. The zero-order valence-corrected chi connectivity index (χ0v) is 11.7. The first-order valence-corrected chi connectivity index (χ1v) is 7.46. The fraction of sp³-hybridized carbons (Fsp3) is 0.462. The highest BCUT2D eigenvalue weighted by atomic mass is 32.2. The molecule has 0 atom stereocenters. The van der Waals surface area contributed by atoms with Crippen LogP contribution in [0, 0.1) is 17.1 Å². The third kappa shape index (κ3) is 2.24. The first-order chi connectivity index (χ1) is 8.80. The molecule has 0 bridgehead atoms. The molecule has 0 saturated carbocycles. The Hall–Kier alpha value is -1.45. The van der Waals surface area contributed by atoms with Crippen LogP contribution in [-0.4, -0.2) is 24.8 Å². The summed E-state index contributed by atoms with van der Waals surface area (Å²) in [5.41, 5.74) is -0.914. The second-order valence-electron chi connectivity index (χ2n) is 5.22. The Labute approximate surface area is 112 Å². The molecule has 102 valence electrons. The van der Waals surface area contributed by atoms with E-state index in [0.29, 0.717) is 6.54 Å². The van der Waals surface area contributed by atoms with E-state index in [0.717, 1.165) is 18.9 Å². The van der Waals surface area contributed by atoms with Crippen LogP contribution in [0.3, 0.4) is 0 Å². The Morgan fingerprint density at radius 2 is 2.11 bits per heavy atom. The summed E-state index contributed by atoms with van der Waals surface area (Å²) in [4.78, 5) is -0.245. The molecule has 1 aliphatic heterocycles. The largest absolute Gasteiger partial charge is 0.244 e. The quantitative estimate of drug-likeness (QED) is 0.836. The molecule has 19 heavy (non-hydrogen) atoms. The Morgan fingerprint density at radius 3 is 2.63 bits per heavy atom. The lowest BCUT2D eigenvalue weighted by Crippen LogP contribution is -2.42. The number of hydrogen-bond acceptors (Lipinski definition) is 3. The van der Waals surface area contributed by atoms with Gasteiger partial charge >= 0.3 is 0 Å². The Balaban J connectivity index is 2.59. The molecular formula is C13H15FN2O2S. The molecule has 1 aromatic carbocycles. The average molecular weight is 282 g/mol. The summed E-state index contributed by atoms with van der Waals surface area (Å²) in [7, 11) is -3.84. The molecule has 4 nitrogen and oxygen atoms in total. The molecule has 0 N–H and O–H groups in total. The third-order valence-corrected chi connectivity index (χ3v) is 5.63. The maximum Gasteiger partial charge on any atom is 0.244 e. The number of nitrogens with zero attached hydrogens (tertiary/aromatic N) is 2. The van der Waals surface area contributed by atoms with Gasteiger partial charge in [0.1, 0.15) is 22.3 Å². The molecule has 0 spiro atoms. The van der Waals surface area contributed by atoms with Crippen molar-refractivity contribution in [3.63, 3.8) is 0 Å². The molecule has 0 aliphatic carbocycles. The van der Waals surface area contributed by atoms with Crippen molar-refractivity contribution in [1.82, 2.24) is 4.31 Å². The molecule has 1 heterocycles. The number of sulfonamides is 1. The van der Waals surface area contributed by atoms with Gasteiger partial charge in [0, 0.05) is 12.1 Å². The van der Waals surface area contributed by atoms with Gasteiger partial charge in [0.25, 0.3) is 0 Å². The van der Waals surface area contributed by atoms with E-state index in [1.807, 2.05) is 13.8 Å². The van der Waals surface area contributed by atoms with Gasteiger partial charge in [-0.15, -0.1) is 0 Å². The van der Waals surface area contributed by atoms with Crippen LogP contribution in [0.25, 0.3) is 0 Å². The van der Waals surface area contributed by atoms with Gasteiger partial charge in [0.05, 0.1) is 0 Å². The molecule has 6 heteroatoms. The molecular weight excluding hydrogens is 267 g/mol.